The maximum atomic E-state index is 4.03. The first-order chi connectivity index (χ1) is 13.7. The summed E-state index contributed by atoms with van der Waals surface area (Å²) >= 11 is 1.65. The smallest absolute Gasteiger partial charge is 0.138 e. The predicted molar refractivity (Wildman–Crippen MR) is 126 cm³/mol. The average molecular weight is 405 g/mol. The van der Waals surface area contributed by atoms with Gasteiger partial charge in [0.1, 0.15) is 12.7 Å². The monoisotopic (exact) mass is 404 g/mol. The van der Waals surface area contributed by atoms with E-state index in [-0.39, 0.29) is 0 Å². The molecule has 0 aliphatic heterocycles. The molecule has 0 N–H and O–H groups in total. The van der Waals surface area contributed by atoms with Gasteiger partial charge in [0, 0.05) is 29.7 Å². The lowest BCUT2D eigenvalue weighted by Crippen LogP contribution is -1.81. The second kappa shape index (κ2) is 24.2. The van der Waals surface area contributed by atoms with E-state index in [1.807, 2.05) is 60.2 Å². The van der Waals surface area contributed by atoms with Crippen molar-refractivity contribution in [2.24, 2.45) is 0 Å². The molecule has 6 nitrogen and oxygen atoms in total. The summed E-state index contributed by atoms with van der Waals surface area (Å²) in [5, 5.41) is 3.72. The van der Waals surface area contributed by atoms with Gasteiger partial charge in [-0.05, 0) is 13.0 Å². The summed E-state index contributed by atoms with van der Waals surface area (Å²) in [6.45, 7) is 24.6. The molecule has 0 spiro atoms. The first-order valence-electron chi connectivity index (χ1n) is 9.30. The van der Waals surface area contributed by atoms with Gasteiger partial charge in [0.05, 0.1) is 17.5 Å². The van der Waals surface area contributed by atoms with Crippen LogP contribution >= 0.6 is 11.3 Å². The van der Waals surface area contributed by atoms with Crippen molar-refractivity contribution in [1.29, 1.82) is 0 Å². The molecule has 0 aromatic carbocycles. The molecular weight excluding hydrogens is 368 g/mol. The van der Waals surface area contributed by atoms with Crippen LogP contribution in [0.1, 0.15) is 52.1 Å². The lowest BCUT2D eigenvalue weighted by atomic mass is 10.4. The van der Waals surface area contributed by atoms with Gasteiger partial charge in [-0.1, -0.05) is 61.3 Å². The van der Waals surface area contributed by atoms with Crippen LogP contribution in [0.3, 0.4) is 0 Å². The highest BCUT2D eigenvalue weighted by molar-refractivity contribution is 7.09. The molecule has 156 valence electrons. The summed E-state index contributed by atoms with van der Waals surface area (Å²) in [6, 6.07) is 0. The fraction of sp³-hybridized carbons (Fsp3) is 0.333. The van der Waals surface area contributed by atoms with E-state index in [4.69, 9.17) is 0 Å². The minimum atomic E-state index is 1.01. The molecule has 3 aromatic rings. The van der Waals surface area contributed by atoms with Gasteiger partial charge in [-0.25, -0.2) is 19.6 Å². The topological polar surface area (TPSA) is 61.4 Å². The van der Waals surface area contributed by atoms with Crippen LogP contribution in [0.25, 0.3) is 18.5 Å². The molecule has 0 atom stereocenters. The molecule has 7 heteroatoms. The molecule has 0 radical (unpaired) electrons. The maximum absolute atomic E-state index is 4.03. The lowest BCUT2D eigenvalue weighted by molar-refractivity contribution is 0.936. The second-order valence-electron chi connectivity index (χ2n) is 3.75. The van der Waals surface area contributed by atoms with Gasteiger partial charge in [-0.3, -0.25) is 0 Å². The largest absolute Gasteiger partial charge is 0.314 e. The summed E-state index contributed by atoms with van der Waals surface area (Å²) in [4.78, 5) is 12.7. The molecule has 0 unspecified atom stereocenters. The van der Waals surface area contributed by atoms with E-state index in [9.17, 15) is 0 Å². The highest BCUT2D eigenvalue weighted by Gasteiger charge is 1.91. The van der Waals surface area contributed by atoms with Crippen molar-refractivity contribution in [3.63, 3.8) is 0 Å². The first-order valence-corrected chi connectivity index (χ1v) is 10.2. The van der Waals surface area contributed by atoms with Crippen LogP contribution in [0.15, 0.2) is 56.6 Å². The summed E-state index contributed by atoms with van der Waals surface area (Å²) in [5.74, 6) is 0. The summed E-state index contributed by atoms with van der Waals surface area (Å²) < 4.78 is 3.31. The number of imidazole rings is 1. The van der Waals surface area contributed by atoms with E-state index >= 15 is 0 Å². The summed E-state index contributed by atoms with van der Waals surface area (Å²) in [7, 11) is 0. The van der Waals surface area contributed by atoms with E-state index < -0.39 is 0 Å². The van der Waals surface area contributed by atoms with Gasteiger partial charge in [0.2, 0.25) is 0 Å². The van der Waals surface area contributed by atoms with Gasteiger partial charge >= 0.3 is 0 Å². The van der Waals surface area contributed by atoms with Gasteiger partial charge in [0.25, 0.3) is 0 Å². The molecule has 3 rings (SSSR count). The average Bonchev–Trinajstić information content (AvgIpc) is 3.55. The third kappa shape index (κ3) is 15.5. The highest BCUT2D eigenvalue weighted by Crippen LogP contribution is 2.10. The minimum absolute atomic E-state index is 1.01. The van der Waals surface area contributed by atoms with Crippen LogP contribution in [0.2, 0.25) is 0 Å². The lowest BCUT2D eigenvalue weighted by Gasteiger charge is -1.80. The number of hydrogen-bond donors (Lipinski definition) is 0. The maximum Gasteiger partial charge on any atom is 0.138 e. The van der Waals surface area contributed by atoms with Crippen LogP contribution in [-0.4, -0.2) is 29.3 Å². The summed E-state index contributed by atoms with van der Waals surface area (Å²) in [5.41, 5.74) is 2.84. The third-order valence-electron chi connectivity index (χ3n) is 2.33. The number of thiazole rings is 1. The Kier molecular flexibility index (Phi) is 25.9. The van der Waals surface area contributed by atoms with Crippen LogP contribution in [0.4, 0.5) is 0 Å². The molecule has 3 heterocycles. The number of aryl methyl sites for hydroxylation is 1. The fourth-order valence-electron chi connectivity index (χ4n) is 1.20. The van der Waals surface area contributed by atoms with E-state index in [0.717, 1.165) is 5.69 Å². The first kappa shape index (κ1) is 29.9. The fourth-order valence-corrected chi connectivity index (χ4v) is 1.78. The van der Waals surface area contributed by atoms with Gasteiger partial charge in [-0.2, -0.15) is 5.10 Å². The van der Waals surface area contributed by atoms with E-state index in [1.165, 1.54) is 15.9 Å². The van der Waals surface area contributed by atoms with Crippen molar-refractivity contribution in [3.05, 3.63) is 67.2 Å². The Morgan fingerprint density at radius 1 is 0.929 bits per heavy atom. The molecule has 0 amide bonds. The number of rotatable bonds is 3. The Morgan fingerprint density at radius 3 is 1.79 bits per heavy atom. The number of hydrogen-bond acceptors (Lipinski definition) is 5. The van der Waals surface area contributed by atoms with E-state index in [0.29, 0.717) is 0 Å². The summed E-state index contributed by atoms with van der Waals surface area (Å²) in [6.07, 6.45) is 13.3. The Bertz CT molecular complexity index is 631. The zero-order chi connectivity index (χ0) is 22.2. The molecule has 3 aromatic heterocycles. The van der Waals surface area contributed by atoms with Crippen molar-refractivity contribution >= 4 is 29.8 Å². The van der Waals surface area contributed by atoms with Gasteiger partial charge in [0.15, 0.2) is 0 Å². The van der Waals surface area contributed by atoms with Crippen molar-refractivity contribution < 1.29 is 0 Å². The van der Waals surface area contributed by atoms with Crippen molar-refractivity contribution in [3.8, 4) is 0 Å². The zero-order valence-corrected chi connectivity index (χ0v) is 19.2. The number of nitrogens with zero attached hydrogens (tertiary/aromatic N) is 6. The molecule has 0 aliphatic rings. The molecular formula is C21H36N6S. The Balaban J connectivity index is -0.000000296. The Labute approximate surface area is 175 Å². The standard InChI is InChI=1S/C6H7NS.C5H6N2.C4H5N3.3C2H6/c1-3-6-5(2)8-4-7-6;1-2-7-4-3-6-5-7;1-2-7-4-5-3-6-7;3*1-2/h3-4H,1H2,2H3;2-5H,1H2;2-4H,1H2;3*1-2H3. The molecule has 28 heavy (non-hydrogen) atoms. The van der Waals surface area contributed by atoms with E-state index in [1.54, 1.807) is 53.2 Å². The quantitative estimate of drug-likeness (QED) is 0.497. The minimum Gasteiger partial charge on any atom is -0.314 e. The predicted octanol–water partition coefficient (Wildman–Crippen LogP) is 6.54. The third-order valence-corrected chi connectivity index (χ3v) is 3.11. The second-order valence-corrected chi connectivity index (χ2v) is 4.81. The van der Waals surface area contributed by atoms with E-state index in [2.05, 4.69) is 39.8 Å². The van der Waals surface area contributed by atoms with Crippen molar-refractivity contribution in [2.75, 3.05) is 0 Å². The zero-order valence-electron chi connectivity index (χ0n) is 18.4. The molecule has 0 saturated heterocycles. The van der Waals surface area contributed by atoms with Gasteiger partial charge < -0.3 is 4.57 Å². The van der Waals surface area contributed by atoms with Crippen LogP contribution in [0, 0.1) is 6.92 Å². The molecule has 0 bridgehead atoms. The van der Waals surface area contributed by atoms with Gasteiger partial charge in [-0.15, -0.1) is 11.3 Å². The Morgan fingerprint density at radius 2 is 1.57 bits per heavy atom. The van der Waals surface area contributed by atoms with Crippen molar-refractivity contribution in [1.82, 2.24) is 29.3 Å². The molecule has 0 saturated carbocycles. The molecule has 0 fully saturated rings. The van der Waals surface area contributed by atoms with Crippen molar-refractivity contribution in [2.45, 2.75) is 48.5 Å². The van der Waals surface area contributed by atoms with Crippen LogP contribution < -0.4 is 0 Å². The number of aromatic nitrogens is 6. The highest BCUT2D eigenvalue weighted by atomic mass is 32.1. The molecule has 0 aliphatic carbocycles. The Hall–Kier alpha value is -2.80. The van der Waals surface area contributed by atoms with Crippen LogP contribution in [0.5, 0.6) is 0 Å². The SMILES string of the molecule is C=Cc1ncsc1C.C=Cn1ccnc1.C=Cn1cncn1.CC.CC.CC. The normalized spacial score (nSPS) is 7.54. The van der Waals surface area contributed by atoms with Crippen LogP contribution in [-0.2, 0) is 0 Å².